The molecule has 0 atom stereocenters. The molecule has 7 heteroatoms. The second-order valence-corrected chi connectivity index (χ2v) is 7.96. The highest BCUT2D eigenvalue weighted by Gasteiger charge is 2.15. The lowest BCUT2D eigenvalue weighted by molar-refractivity contribution is -0.143. The first-order chi connectivity index (χ1) is 16.4. The van der Waals surface area contributed by atoms with Crippen LogP contribution in [0.4, 0.5) is 0 Å². The molecule has 0 saturated heterocycles. The number of esters is 1. The molecule has 182 valence electrons. The largest absolute Gasteiger partial charge is 0.497 e. The van der Waals surface area contributed by atoms with Crippen LogP contribution in [0.2, 0.25) is 0 Å². The lowest BCUT2D eigenvalue weighted by Gasteiger charge is -2.18. The van der Waals surface area contributed by atoms with Gasteiger partial charge in [0.2, 0.25) is 0 Å². The summed E-state index contributed by atoms with van der Waals surface area (Å²) in [5.41, 5.74) is 2.59. The lowest BCUT2D eigenvalue weighted by Crippen LogP contribution is -2.10. The Morgan fingerprint density at radius 3 is 2.47 bits per heavy atom. The van der Waals surface area contributed by atoms with Gasteiger partial charge in [-0.15, -0.1) is 0 Å². The second kappa shape index (κ2) is 12.1. The topological polar surface area (TPSA) is 76.1 Å². The van der Waals surface area contributed by atoms with Gasteiger partial charge in [0.05, 0.1) is 37.5 Å². The van der Waals surface area contributed by atoms with Crippen molar-refractivity contribution in [3.05, 3.63) is 53.7 Å². The van der Waals surface area contributed by atoms with Crippen molar-refractivity contribution in [2.24, 2.45) is 0 Å². The minimum atomic E-state index is -0.219. The highest BCUT2D eigenvalue weighted by molar-refractivity contribution is 5.87. The van der Waals surface area contributed by atoms with E-state index >= 15 is 0 Å². The number of methoxy groups -OCH3 is 1. The Labute approximate surface area is 200 Å². The highest BCUT2D eigenvalue weighted by atomic mass is 16.5. The van der Waals surface area contributed by atoms with Crippen molar-refractivity contribution in [1.29, 1.82) is 0 Å². The van der Waals surface area contributed by atoms with Crippen LogP contribution in [-0.4, -0.2) is 37.4 Å². The molecule has 3 aromatic rings. The van der Waals surface area contributed by atoms with E-state index in [2.05, 4.69) is 4.98 Å². The zero-order chi connectivity index (χ0) is 24.5. The van der Waals surface area contributed by atoms with Crippen LogP contribution >= 0.6 is 0 Å². The van der Waals surface area contributed by atoms with Crippen LogP contribution in [0, 0.1) is 0 Å². The van der Waals surface area contributed by atoms with E-state index in [0.29, 0.717) is 37.6 Å². The summed E-state index contributed by atoms with van der Waals surface area (Å²) < 4.78 is 28.5. The van der Waals surface area contributed by atoms with Crippen LogP contribution in [0.5, 0.6) is 23.0 Å². The van der Waals surface area contributed by atoms with Crippen LogP contribution in [0.1, 0.15) is 45.2 Å². The number of nitrogens with zero attached hydrogens (tertiary/aromatic N) is 1. The number of aryl methyl sites for hydroxylation is 1. The molecule has 1 heterocycles. The zero-order valence-electron chi connectivity index (χ0n) is 20.6. The molecule has 3 rings (SSSR count). The fourth-order valence-corrected chi connectivity index (χ4v) is 3.55. The second-order valence-electron chi connectivity index (χ2n) is 7.96. The molecule has 0 amide bonds. The monoisotopic (exact) mass is 467 g/mol. The molecule has 0 aliphatic rings. The van der Waals surface area contributed by atoms with E-state index in [0.717, 1.165) is 33.5 Å². The van der Waals surface area contributed by atoms with Crippen molar-refractivity contribution in [2.75, 3.05) is 20.3 Å². The molecule has 0 spiro atoms. The summed E-state index contributed by atoms with van der Waals surface area (Å²) >= 11 is 0. The van der Waals surface area contributed by atoms with Crippen molar-refractivity contribution < 1.29 is 28.5 Å². The molecule has 0 saturated carbocycles. The molecular formula is C27H33NO6. The van der Waals surface area contributed by atoms with Gasteiger partial charge in [0, 0.05) is 24.1 Å². The van der Waals surface area contributed by atoms with Crippen molar-refractivity contribution >= 4 is 16.9 Å². The number of hydrogen-bond acceptors (Lipinski definition) is 7. The van der Waals surface area contributed by atoms with E-state index in [1.165, 1.54) is 0 Å². The van der Waals surface area contributed by atoms with Crippen molar-refractivity contribution in [2.45, 2.75) is 53.2 Å². The molecular weight excluding hydrogens is 434 g/mol. The SMILES string of the molecule is CCOC(=O)CCc1ccc(OCc2cnc3ccc(OC)cc3c2OC(C)C)cc1OCC. The summed E-state index contributed by atoms with van der Waals surface area (Å²) in [5, 5.41) is 0.874. The summed E-state index contributed by atoms with van der Waals surface area (Å²) in [6.07, 6.45) is 2.61. The first-order valence-corrected chi connectivity index (χ1v) is 11.6. The molecule has 7 nitrogen and oxygen atoms in total. The average Bonchev–Trinajstić information content (AvgIpc) is 2.82. The van der Waals surface area contributed by atoms with Crippen LogP contribution in [0.15, 0.2) is 42.6 Å². The maximum absolute atomic E-state index is 11.7. The molecule has 1 aromatic heterocycles. The maximum Gasteiger partial charge on any atom is 0.306 e. The number of ether oxygens (including phenoxy) is 5. The number of carbonyl (C=O) groups is 1. The van der Waals surface area contributed by atoms with E-state index in [9.17, 15) is 4.79 Å². The highest BCUT2D eigenvalue weighted by Crippen LogP contribution is 2.33. The first kappa shape index (κ1) is 25.1. The summed E-state index contributed by atoms with van der Waals surface area (Å²) in [6, 6.07) is 11.4. The zero-order valence-corrected chi connectivity index (χ0v) is 20.6. The maximum atomic E-state index is 11.7. The quantitative estimate of drug-likeness (QED) is 0.325. The van der Waals surface area contributed by atoms with Crippen molar-refractivity contribution in [1.82, 2.24) is 4.98 Å². The van der Waals surface area contributed by atoms with Gasteiger partial charge >= 0.3 is 5.97 Å². The van der Waals surface area contributed by atoms with Gasteiger partial charge in [-0.3, -0.25) is 9.78 Å². The summed E-state index contributed by atoms with van der Waals surface area (Å²) in [6.45, 7) is 8.86. The molecule has 0 aliphatic heterocycles. The van der Waals surface area contributed by atoms with E-state index in [1.54, 1.807) is 20.2 Å². The third-order valence-electron chi connectivity index (χ3n) is 5.09. The summed E-state index contributed by atoms with van der Waals surface area (Å²) in [5.74, 6) is 2.60. The summed E-state index contributed by atoms with van der Waals surface area (Å²) in [4.78, 5) is 16.3. The Bertz CT molecular complexity index is 1110. The Morgan fingerprint density at radius 1 is 0.971 bits per heavy atom. The number of rotatable bonds is 12. The number of pyridine rings is 1. The van der Waals surface area contributed by atoms with Gasteiger partial charge in [0.1, 0.15) is 29.6 Å². The standard InChI is InChI=1S/C27H33NO6/c1-6-31-25-15-22(10-8-19(25)9-13-26(29)32-7-2)33-17-20-16-28-24-12-11-21(30-5)14-23(24)27(20)34-18(3)4/h8,10-12,14-16,18H,6-7,9,13,17H2,1-5H3. The van der Waals surface area contributed by atoms with Gasteiger partial charge in [0.25, 0.3) is 0 Å². The minimum absolute atomic E-state index is 0.0150. The van der Waals surface area contributed by atoms with E-state index < -0.39 is 0 Å². The molecule has 0 N–H and O–H groups in total. The number of carbonyl (C=O) groups excluding carboxylic acids is 1. The molecule has 0 fully saturated rings. The van der Waals surface area contributed by atoms with E-state index in [1.807, 2.05) is 57.2 Å². The van der Waals surface area contributed by atoms with E-state index in [4.69, 9.17) is 23.7 Å². The average molecular weight is 468 g/mol. The smallest absolute Gasteiger partial charge is 0.306 e. The van der Waals surface area contributed by atoms with Gasteiger partial charge in [-0.1, -0.05) is 6.07 Å². The number of aromatic nitrogens is 1. The van der Waals surface area contributed by atoms with Gasteiger partial charge in [0.15, 0.2) is 0 Å². The predicted octanol–water partition coefficient (Wildman–Crippen LogP) is 5.50. The Kier molecular flexibility index (Phi) is 8.96. The fourth-order valence-electron chi connectivity index (χ4n) is 3.55. The molecule has 0 bridgehead atoms. The van der Waals surface area contributed by atoms with Crippen molar-refractivity contribution in [3.8, 4) is 23.0 Å². The first-order valence-electron chi connectivity index (χ1n) is 11.6. The van der Waals surface area contributed by atoms with Crippen molar-refractivity contribution in [3.63, 3.8) is 0 Å². The van der Waals surface area contributed by atoms with Gasteiger partial charge in [-0.25, -0.2) is 0 Å². The Hall–Kier alpha value is -3.48. The molecule has 0 aliphatic carbocycles. The number of fused-ring (bicyclic) bond motifs is 1. The van der Waals surface area contributed by atoms with Crippen LogP contribution in [0.25, 0.3) is 10.9 Å². The molecule has 2 aromatic carbocycles. The van der Waals surface area contributed by atoms with Crippen LogP contribution in [0.3, 0.4) is 0 Å². The third kappa shape index (κ3) is 6.53. The minimum Gasteiger partial charge on any atom is -0.497 e. The lowest BCUT2D eigenvalue weighted by atomic mass is 10.1. The third-order valence-corrected chi connectivity index (χ3v) is 5.09. The van der Waals surface area contributed by atoms with E-state index in [-0.39, 0.29) is 18.7 Å². The number of benzene rings is 2. The molecule has 0 unspecified atom stereocenters. The fraction of sp³-hybridized carbons (Fsp3) is 0.407. The van der Waals surface area contributed by atoms with Gasteiger partial charge in [-0.2, -0.15) is 0 Å². The number of hydrogen-bond donors (Lipinski definition) is 0. The van der Waals surface area contributed by atoms with Crippen LogP contribution < -0.4 is 18.9 Å². The van der Waals surface area contributed by atoms with Gasteiger partial charge in [-0.05, 0) is 63.9 Å². The summed E-state index contributed by atoms with van der Waals surface area (Å²) in [7, 11) is 1.64. The Morgan fingerprint density at radius 2 is 1.76 bits per heavy atom. The normalized spacial score (nSPS) is 10.9. The van der Waals surface area contributed by atoms with Crippen LogP contribution in [-0.2, 0) is 22.6 Å². The Balaban J connectivity index is 1.82. The van der Waals surface area contributed by atoms with Gasteiger partial charge < -0.3 is 23.7 Å². The molecule has 34 heavy (non-hydrogen) atoms. The predicted molar refractivity (Wildman–Crippen MR) is 131 cm³/mol. The molecule has 0 radical (unpaired) electrons.